The zero-order valence-corrected chi connectivity index (χ0v) is 17.1. The highest BCUT2D eigenvalue weighted by molar-refractivity contribution is 7.91. The quantitative estimate of drug-likeness (QED) is 0.689. The van der Waals surface area contributed by atoms with E-state index in [1.165, 1.54) is 30.6 Å². The second-order valence-electron chi connectivity index (χ2n) is 6.74. The number of nitrogens with one attached hydrogen (secondary N) is 1. The van der Waals surface area contributed by atoms with Crippen LogP contribution in [0.15, 0.2) is 63.7 Å². The third-order valence-electron chi connectivity index (χ3n) is 4.86. The van der Waals surface area contributed by atoms with E-state index in [0.29, 0.717) is 17.9 Å². The Labute approximate surface area is 167 Å². The lowest BCUT2D eigenvalue weighted by Crippen LogP contribution is -2.23. The fourth-order valence-electron chi connectivity index (χ4n) is 3.44. The van der Waals surface area contributed by atoms with Crippen molar-refractivity contribution in [2.24, 2.45) is 0 Å². The summed E-state index contributed by atoms with van der Waals surface area (Å²) in [7, 11) is -2.23. The number of aryl methyl sites for hydroxylation is 1. The van der Waals surface area contributed by atoms with Crippen LogP contribution in [0, 0.1) is 6.92 Å². The fraction of sp³-hybridized carbons (Fsp3) is 0.190. The minimum atomic E-state index is -3.76. The number of amides is 1. The number of fused-ring (bicyclic) bond motifs is 1. The largest absolute Gasteiger partial charge is 0.497 e. The lowest BCUT2D eigenvalue weighted by atomic mass is 9.90. The number of methoxy groups -OCH3 is 1. The number of sulfone groups is 1. The Morgan fingerprint density at radius 1 is 1.14 bits per heavy atom. The summed E-state index contributed by atoms with van der Waals surface area (Å²) >= 11 is 1.37. The minimum absolute atomic E-state index is 0.142. The predicted octanol–water partition coefficient (Wildman–Crippen LogP) is 4.37. The molecule has 0 saturated heterocycles. The van der Waals surface area contributed by atoms with Crippen LogP contribution in [0.5, 0.6) is 5.75 Å². The van der Waals surface area contributed by atoms with E-state index in [1.807, 2.05) is 31.2 Å². The van der Waals surface area contributed by atoms with Crippen LogP contribution < -0.4 is 10.1 Å². The standard InChI is InChI=1S/C21H19NO4S2/c1-13-4-3-5-14(10-13)17-11-19(23)22-20-18(12-27-21(17)20)28(24,25)16-8-6-15(26-2)7-9-16/h3-10,12,17H,11H2,1-2H3,(H,22,23)/t17-/m0/s1. The maximum Gasteiger partial charge on any atom is 0.225 e. The van der Waals surface area contributed by atoms with E-state index in [9.17, 15) is 13.2 Å². The van der Waals surface area contributed by atoms with Gasteiger partial charge in [-0.05, 0) is 36.8 Å². The molecule has 0 aliphatic carbocycles. The highest BCUT2D eigenvalue weighted by Gasteiger charge is 2.34. The molecule has 1 aromatic heterocycles. The maximum absolute atomic E-state index is 13.2. The highest BCUT2D eigenvalue weighted by atomic mass is 32.2. The topological polar surface area (TPSA) is 72.5 Å². The van der Waals surface area contributed by atoms with Crippen molar-refractivity contribution < 1.29 is 17.9 Å². The van der Waals surface area contributed by atoms with Gasteiger partial charge in [-0.3, -0.25) is 4.79 Å². The molecule has 0 bridgehead atoms. The number of rotatable bonds is 4. The SMILES string of the molecule is COc1ccc(S(=O)(=O)c2csc3c2NC(=O)C[C@H]3c2cccc(C)c2)cc1. The van der Waals surface area contributed by atoms with Crippen molar-refractivity contribution in [2.45, 2.75) is 29.1 Å². The van der Waals surface area contributed by atoms with Gasteiger partial charge in [0, 0.05) is 22.6 Å². The summed E-state index contributed by atoms with van der Waals surface area (Å²) in [5.41, 5.74) is 2.53. The third-order valence-corrected chi connectivity index (χ3v) is 7.90. The van der Waals surface area contributed by atoms with Gasteiger partial charge in [-0.15, -0.1) is 11.3 Å². The third kappa shape index (κ3) is 3.21. The Morgan fingerprint density at radius 3 is 2.57 bits per heavy atom. The summed E-state index contributed by atoms with van der Waals surface area (Å²) in [6, 6.07) is 14.2. The molecule has 144 valence electrons. The van der Waals surface area contributed by atoms with E-state index in [1.54, 1.807) is 17.5 Å². The monoisotopic (exact) mass is 413 g/mol. The first-order chi connectivity index (χ1) is 13.4. The first-order valence-electron chi connectivity index (χ1n) is 8.77. The first-order valence-corrected chi connectivity index (χ1v) is 11.1. The van der Waals surface area contributed by atoms with Gasteiger partial charge >= 0.3 is 0 Å². The smallest absolute Gasteiger partial charge is 0.225 e. The highest BCUT2D eigenvalue weighted by Crippen LogP contribution is 2.46. The Balaban J connectivity index is 1.80. The molecule has 0 spiro atoms. The Hall–Kier alpha value is -2.64. The lowest BCUT2D eigenvalue weighted by molar-refractivity contribution is -0.116. The van der Waals surface area contributed by atoms with Gasteiger partial charge in [0.1, 0.15) is 10.6 Å². The van der Waals surface area contributed by atoms with Crippen molar-refractivity contribution in [3.63, 3.8) is 0 Å². The van der Waals surface area contributed by atoms with Crippen LogP contribution in [-0.2, 0) is 14.6 Å². The zero-order valence-electron chi connectivity index (χ0n) is 15.4. The summed E-state index contributed by atoms with van der Waals surface area (Å²) in [5, 5.41) is 4.41. The van der Waals surface area contributed by atoms with Crippen molar-refractivity contribution in [3.05, 3.63) is 69.9 Å². The summed E-state index contributed by atoms with van der Waals surface area (Å²) in [6.45, 7) is 2.00. The molecule has 0 fully saturated rings. The Morgan fingerprint density at radius 2 is 1.89 bits per heavy atom. The van der Waals surface area contributed by atoms with Gasteiger partial charge in [0.2, 0.25) is 15.7 Å². The molecule has 4 rings (SSSR count). The minimum Gasteiger partial charge on any atom is -0.497 e. The molecular formula is C21H19NO4S2. The number of anilines is 1. The molecule has 5 nitrogen and oxygen atoms in total. The molecule has 1 N–H and O–H groups in total. The van der Waals surface area contributed by atoms with Crippen molar-refractivity contribution in [2.75, 3.05) is 12.4 Å². The molecule has 1 atom stereocenters. The fourth-order valence-corrected chi connectivity index (χ4v) is 6.35. The number of thiophene rings is 1. The van der Waals surface area contributed by atoms with Crippen molar-refractivity contribution in [3.8, 4) is 5.75 Å². The number of benzene rings is 2. The number of carbonyl (C=O) groups excluding carboxylic acids is 1. The van der Waals surface area contributed by atoms with Gasteiger partial charge in [-0.25, -0.2) is 8.42 Å². The number of hydrogen-bond acceptors (Lipinski definition) is 5. The summed E-state index contributed by atoms with van der Waals surface area (Å²) in [4.78, 5) is 13.6. The van der Waals surface area contributed by atoms with Crippen molar-refractivity contribution in [1.82, 2.24) is 0 Å². The van der Waals surface area contributed by atoms with Crippen LogP contribution in [0.4, 0.5) is 5.69 Å². The van der Waals surface area contributed by atoms with E-state index >= 15 is 0 Å². The molecule has 0 saturated carbocycles. The van der Waals surface area contributed by atoms with Crippen LogP contribution in [0.3, 0.4) is 0 Å². The Kier molecular flexibility index (Phi) is 4.72. The Bertz CT molecular complexity index is 1150. The van der Waals surface area contributed by atoms with E-state index < -0.39 is 9.84 Å². The van der Waals surface area contributed by atoms with E-state index in [4.69, 9.17) is 4.74 Å². The summed E-state index contributed by atoms with van der Waals surface area (Å²) in [5.74, 6) is 0.260. The van der Waals surface area contributed by atoms with Crippen LogP contribution >= 0.6 is 11.3 Å². The van der Waals surface area contributed by atoms with Crippen molar-refractivity contribution >= 4 is 32.8 Å². The van der Waals surface area contributed by atoms with E-state index in [-0.39, 0.29) is 21.6 Å². The van der Waals surface area contributed by atoms with Gasteiger partial charge in [0.15, 0.2) is 0 Å². The predicted molar refractivity (Wildman–Crippen MR) is 109 cm³/mol. The van der Waals surface area contributed by atoms with Gasteiger partial charge in [-0.1, -0.05) is 29.8 Å². The van der Waals surface area contributed by atoms with Gasteiger partial charge in [0.05, 0.1) is 17.7 Å². The van der Waals surface area contributed by atoms with Gasteiger partial charge < -0.3 is 10.1 Å². The molecular weight excluding hydrogens is 394 g/mol. The second kappa shape index (κ2) is 7.07. The molecule has 1 amide bonds. The maximum atomic E-state index is 13.2. The average Bonchev–Trinajstić information content (AvgIpc) is 3.12. The molecule has 2 heterocycles. The second-order valence-corrected chi connectivity index (χ2v) is 9.57. The summed E-state index contributed by atoms with van der Waals surface area (Å²) < 4.78 is 31.5. The van der Waals surface area contributed by atoms with Crippen molar-refractivity contribution in [1.29, 1.82) is 0 Å². The molecule has 1 aliphatic rings. The van der Waals surface area contributed by atoms with Gasteiger partial charge in [-0.2, -0.15) is 0 Å². The lowest BCUT2D eigenvalue weighted by Gasteiger charge is -2.24. The van der Waals surface area contributed by atoms with Gasteiger partial charge in [0.25, 0.3) is 0 Å². The first kappa shape index (κ1) is 18.7. The molecule has 28 heavy (non-hydrogen) atoms. The molecule has 3 aromatic rings. The zero-order chi connectivity index (χ0) is 19.9. The van der Waals surface area contributed by atoms with E-state index in [0.717, 1.165) is 16.0 Å². The number of hydrogen-bond donors (Lipinski definition) is 1. The number of carbonyl (C=O) groups is 1. The summed E-state index contributed by atoms with van der Waals surface area (Å²) in [6.07, 6.45) is 0.305. The van der Waals surface area contributed by atoms with Crippen LogP contribution in [-0.4, -0.2) is 21.4 Å². The molecule has 0 unspecified atom stereocenters. The average molecular weight is 414 g/mol. The number of ether oxygens (including phenoxy) is 1. The van der Waals surface area contributed by atoms with Crippen LogP contribution in [0.2, 0.25) is 0 Å². The molecule has 1 aliphatic heterocycles. The van der Waals surface area contributed by atoms with E-state index in [2.05, 4.69) is 5.32 Å². The molecule has 2 aromatic carbocycles. The molecule has 0 radical (unpaired) electrons. The molecule has 7 heteroatoms. The normalized spacial score (nSPS) is 16.4. The van der Waals surface area contributed by atoms with Crippen LogP contribution in [0.25, 0.3) is 0 Å². The van der Waals surface area contributed by atoms with Crippen LogP contribution in [0.1, 0.15) is 28.3 Å².